The van der Waals surface area contributed by atoms with Gasteiger partial charge in [-0.3, -0.25) is 20.1 Å². The number of ether oxygens (including phenoxy) is 1. The molecule has 15 heteroatoms. The van der Waals surface area contributed by atoms with E-state index in [1.54, 1.807) is 0 Å². The molecule has 0 saturated heterocycles. The van der Waals surface area contributed by atoms with Gasteiger partial charge in [-0.15, -0.1) is 5.10 Å². The summed E-state index contributed by atoms with van der Waals surface area (Å²) in [4.78, 5) is 36.4. The van der Waals surface area contributed by atoms with E-state index in [1.165, 1.54) is 43.0 Å². The number of nitrogens with zero attached hydrogens (tertiary/aromatic N) is 6. The second-order valence-electron chi connectivity index (χ2n) is 7.77. The molecule has 0 spiro atoms. The number of amides is 2. The quantitative estimate of drug-likeness (QED) is 0.310. The third-order valence-corrected chi connectivity index (χ3v) is 5.45. The van der Waals surface area contributed by atoms with E-state index in [0.717, 1.165) is 24.5 Å². The molecule has 0 fully saturated rings. The van der Waals surface area contributed by atoms with Gasteiger partial charge in [0.25, 0.3) is 12.3 Å². The summed E-state index contributed by atoms with van der Waals surface area (Å²) in [7, 11) is 1.53. The zero-order valence-corrected chi connectivity index (χ0v) is 20.4. The Morgan fingerprint density at radius 3 is 2.58 bits per heavy atom. The van der Waals surface area contributed by atoms with Gasteiger partial charge in [-0.2, -0.15) is 0 Å². The summed E-state index contributed by atoms with van der Waals surface area (Å²) in [5, 5.41) is 12.9. The van der Waals surface area contributed by atoms with Crippen LogP contribution in [0.15, 0.2) is 48.9 Å². The van der Waals surface area contributed by atoms with Crippen LogP contribution in [0, 0.1) is 5.82 Å². The molecule has 2 N–H and O–H groups in total. The highest BCUT2D eigenvalue weighted by Crippen LogP contribution is 2.27. The van der Waals surface area contributed by atoms with Gasteiger partial charge in [0.2, 0.25) is 0 Å². The molecule has 0 aromatic carbocycles. The number of aromatic nitrogens is 6. The van der Waals surface area contributed by atoms with Crippen molar-refractivity contribution in [1.29, 1.82) is 0 Å². The molecule has 2 amide bonds. The lowest BCUT2D eigenvalue weighted by molar-refractivity contribution is 0.102. The molecule has 4 heterocycles. The smallest absolute Gasteiger partial charge is 0.413 e. The average molecular weight is 547 g/mol. The van der Waals surface area contributed by atoms with Crippen LogP contribution in [-0.4, -0.2) is 41.9 Å². The number of halogens is 4. The normalized spacial score (nSPS) is 11.8. The molecular weight excluding hydrogens is 529 g/mol. The maximum atomic E-state index is 13.5. The first-order valence-corrected chi connectivity index (χ1v) is 11.2. The predicted molar refractivity (Wildman–Crippen MR) is 129 cm³/mol. The number of nitrogens with one attached hydrogen (secondary N) is 2. The second-order valence-corrected chi connectivity index (χ2v) is 8.13. The van der Waals surface area contributed by atoms with E-state index < -0.39 is 36.0 Å². The summed E-state index contributed by atoms with van der Waals surface area (Å²) in [6.07, 6.45) is -1.24. The van der Waals surface area contributed by atoms with Crippen LogP contribution >= 0.6 is 11.6 Å². The molecule has 196 valence electrons. The lowest BCUT2D eigenvalue weighted by atomic mass is 10.2. The van der Waals surface area contributed by atoms with E-state index in [4.69, 9.17) is 16.3 Å². The van der Waals surface area contributed by atoms with E-state index in [2.05, 4.69) is 35.9 Å². The summed E-state index contributed by atoms with van der Waals surface area (Å²) >= 11 is 5.97. The van der Waals surface area contributed by atoms with E-state index in [9.17, 15) is 22.8 Å². The molecule has 38 heavy (non-hydrogen) atoms. The Balaban J connectivity index is 1.45. The van der Waals surface area contributed by atoms with E-state index >= 15 is 0 Å². The number of hydrogen-bond donors (Lipinski definition) is 2. The van der Waals surface area contributed by atoms with Crippen LogP contribution in [0.2, 0.25) is 5.15 Å². The maximum absolute atomic E-state index is 13.5. The van der Waals surface area contributed by atoms with Gasteiger partial charge >= 0.3 is 6.09 Å². The molecule has 11 nitrogen and oxygen atoms in total. The summed E-state index contributed by atoms with van der Waals surface area (Å²) < 4.78 is 45.8. The number of rotatable bonds is 7. The van der Waals surface area contributed by atoms with Crippen LogP contribution in [0.25, 0.3) is 11.4 Å². The van der Waals surface area contributed by atoms with Gasteiger partial charge in [0, 0.05) is 24.4 Å². The SMILES string of the molecule is C[C@@H](OC(=O)Nc1c(-c2ccc(NC(=O)c3ccnc(C(F)F)c3)cn2)nnn1C)c1cc(F)cnc1Cl. The Kier molecular flexibility index (Phi) is 7.81. The van der Waals surface area contributed by atoms with Crippen molar-refractivity contribution < 1.29 is 27.5 Å². The van der Waals surface area contributed by atoms with Crippen LogP contribution in [0.4, 0.5) is 29.5 Å². The minimum Gasteiger partial charge on any atom is -0.441 e. The summed E-state index contributed by atoms with van der Waals surface area (Å²) in [5.41, 5.74) is 0.431. The van der Waals surface area contributed by atoms with Crippen molar-refractivity contribution in [3.8, 4) is 11.4 Å². The van der Waals surface area contributed by atoms with E-state index in [1.807, 2.05) is 0 Å². The molecule has 4 rings (SSSR count). The van der Waals surface area contributed by atoms with Gasteiger partial charge in [-0.25, -0.2) is 27.6 Å². The van der Waals surface area contributed by atoms with Crippen LogP contribution in [-0.2, 0) is 11.8 Å². The van der Waals surface area contributed by atoms with Gasteiger partial charge in [0.15, 0.2) is 11.5 Å². The molecular formula is C23H18ClF3N8O3. The Bertz CT molecular complexity index is 1480. The summed E-state index contributed by atoms with van der Waals surface area (Å²) in [5.74, 6) is -1.12. The van der Waals surface area contributed by atoms with Crippen molar-refractivity contribution in [3.05, 3.63) is 76.7 Å². The fourth-order valence-electron chi connectivity index (χ4n) is 3.26. The van der Waals surface area contributed by atoms with Gasteiger partial charge in [0.05, 0.1) is 23.8 Å². The van der Waals surface area contributed by atoms with Crippen molar-refractivity contribution >= 4 is 35.1 Å². The molecule has 0 radical (unpaired) electrons. The fourth-order valence-corrected chi connectivity index (χ4v) is 3.52. The van der Waals surface area contributed by atoms with Crippen molar-refractivity contribution in [1.82, 2.24) is 29.9 Å². The van der Waals surface area contributed by atoms with E-state index in [-0.39, 0.29) is 33.5 Å². The Hall–Kier alpha value is -4.59. The highest BCUT2D eigenvalue weighted by atomic mass is 35.5. The van der Waals surface area contributed by atoms with Gasteiger partial charge in [-0.1, -0.05) is 16.8 Å². The topological polar surface area (TPSA) is 137 Å². The lowest BCUT2D eigenvalue weighted by Gasteiger charge is -2.15. The Morgan fingerprint density at radius 1 is 1.08 bits per heavy atom. The van der Waals surface area contributed by atoms with Crippen molar-refractivity contribution in [3.63, 3.8) is 0 Å². The second kappa shape index (κ2) is 11.2. The van der Waals surface area contributed by atoms with Crippen molar-refractivity contribution in [2.24, 2.45) is 7.05 Å². The van der Waals surface area contributed by atoms with Crippen LogP contribution in [0.3, 0.4) is 0 Å². The van der Waals surface area contributed by atoms with Gasteiger partial charge in [-0.05, 0) is 37.3 Å². The molecule has 1 atom stereocenters. The third-order valence-electron chi connectivity index (χ3n) is 5.13. The van der Waals surface area contributed by atoms with E-state index in [0.29, 0.717) is 5.69 Å². The van der Waals surface area contributed by atoms with Gasteiger partial charge in [0.1, 0.15) is 22.8 Å². The number of alkyl halides is 2. The molecule has 0 aliphatic carbocycles. The van der Waals surface area contributed by atoms with Gasteiger partial charge < -0.3 is 10.1 Å². The summed E-state index contributed by atoms with van der Waals surface area (Å²) in [6.45, 7) is 1.50. The third kappa shape index (κ3) is 6.03. The minimum atomic E-state index is -2.81. The van der Waals surface area contributed by atoms with Crippen LogP contribution < -0.4 is 10.6 Å². The first kappa shape index (κ1) is 26.5. The Morgan fingerprint density at radius 2 is 1.87 bits per heavy atom. The number of hydrogen-bond acceptors (Lipinski definition) is 8. The maximum Gasteiger partial charge on any atom is 0.413 e. The Labute approximate surface area is 218 Å². The number of anilines is 2. The molecule has 0 saturated carbocycles. The first-order chi connectivity index (χ1) is 18.1. The molecule has 4 aromatic heterocycles. The molecule has 0 bridgehead atoms. The van der Waals surface area contributed by atoms with Crippen molar-refractivity contribution in [2.75, 3.05) is 10.6 Å². The average Bonchev–Trinajstić information content (AvgIpc) is 3.25. The van der Waals surface area contributed by atoms with Crippen molar-refractivity contribution in [2.45, 2.75) is 19.5 Å². The monoisotopic (exact) mass is 546 g/mol. The number of carbonyl (C=O) groups is 2. The minimum absolute atomic E-state index is 0.00263. The zero-order chi connectivity index (χ0) is 27.4. The molecule has 0 aliphatic rings. The molecule has 4 aromatic rings. The van der Waals surface area contributed by atoms with Crippen LogP contribution in [0.5, 0.6) is 0 Å². The molecule has 0 unspecified atom stereocenters. The number of aryl methyl sites for hydroxylation is 1. The zero-order valence-electron chi connectivity index (χ0n) is 19.7. The number of pyridine rings is 3. The first-order valence-electron chi connectivity index (χ1n) is 10.8. The van der Waals surface area contributed by atoms with Crippen LogP contribution in [0.1, 0.15) is 41.1 Å². The fraction of sp³-hybridized carbons (Fsp3) is 0.174. The highest BCUT2D eigenvalue weighted by molar-refractivity contribution is 6.30. The number of carbonyl (C=O) groups excluding carboxylic acids is 2. The lowest BCUT2D eigenvalue weighted by Crippen LogP contribution is -2.19. The standard InChI is InChI=1S/C23H18ClF3N8O3/c1-11(15-8-13(25)9-30-19(15)24)38-23(37)32-21-18(33-34-35(21)2)16-4-3-14(10-29-16)31-22(36)12-5-6-28-17(7-12)20(26)27/h3-11,20H,1-2H3,(H,31,36)(H,32,37)/t11-/m1/s1. The predicted octanol–water partition coefficient (Wildman–Crippen LogP) is 4.96. The molecule has 0 aliphatic heterocycles. The summed E-state index contributed by atoms with van der Waals surface area (Å²) in [6, 6.07) is 6.43. The largest absolute Gasteiger partial charge is 0.441 e. The highest BCUT2D eigenvalue weighted by Gasteiger charge is 2.21.